The Morgan fingerprint density at radius 1 is 1.26 bits per heavy atom. The zero-order chi connectivity index (χ0) is 24.1. The fourth-order valence-corrected chi connectivity index (χ4v) is 5.45. The molecular weight excluding hydrogens is 542 g/mol. The molecule has 0 unspecified atom stereocenters. The Morgan fingerprint density at radius 2 is 2.09 bits per heavy atom. The first-order chi connectivity index (χ1) is 16.5. The Hall–Kier alpha value is -2.83. The second kappa shape index (κ2) is 11.1. The van der Waals surface area contributed by atoms with E-state index in [0.717, 1.165) is 12.1 Å². The zero-order valence-corrected chi connectivity index (χ0v) is 21.6. The van der Waals surface area contributed by atoms with Crippen molar-refractivity contribution in [3.63, 3.8) is 0 Å². The molecule has 3 N–H and O–H groups in total. The molecule has 2 aromatic heterocycles. The van der Waals surface area contributed by atoms with Gasteiger partial charge in [-0.05, 0) is 53.0 Å². The lowest BCUT2D eigenvalue weighted by Crippen LogP contribution is -2.46. The maximum atomic E-state index is 12.8. The molecule has 3 aromatic rings. The maximum absolute atomic E-state index is 12.8. The van der Waals surface area contributed by atoms with Crippen molar-refractivity contribution >= 4 is 61.8 Å². The van der Waals surface area contributed by atoms with Crippen LogP contribution in [-0.4, -0.2) is 34.6 Å². The number of esters is 1. The summed E-state index contributed by atoms with van der Waals surface area (Å²) in [5.41, 5.74) is 2.90. The number of halogens is 1. The van der Waals surface area contributed by atoms with Crippen molar-refractivity contribution in [3.8, 4) is 0 Å². The normalized spacial score (nSPS) is 15.6. The van der Waals surface area contributed by atoms with E-state index in [-0.39, 0.29) is 12.2 Å². The SMILES string of the molecule is CCOC(=O)C1=C(CSc2nnc(Nc3ccccc3CC)s2)NC(=O)N[C@@H]1c1ccc(Br)o1. The van der Waals surface area contributed by atoms with E-state index in [4.69, 9.17) is 9.15 Å². The van der Waals surface area contributed by atoms with Gasteiger partial charge in [0.2, 0.25) is 5.13 Å². The van der Waals surface area contributed by atoms with Crippen molar-refractivity contribution in [2.75, 3.05) is 17.7 Å². The second-order valence-electron chi connectivity index (χ2n) is 7.08. The predicted molar refractivity (Wildman–Crippen MR) is 134 cm³/mol. The number of nitrogens with one attached hydrogen (secondary N) is 3. The van der Waals surface area contributed by atoms with Crippen LogP contribution in [0.5, 0.6) is 0 Å². The van der Waals surface area contributed by atoms with Gasteiger partial charge in [-0.3, -0.25) is 0 Å². The molecular formula is C22H22BrN5O4S2. The van der Waals surface area contributed by atoms with Crippen molar-refractivity contribution < 1.29 is 18.7 Å². The summed E-state index contributed by atoms with van der Waals surface area (Å²) in [5, 5.41) is 17.9. The summed E-state index contributed by atoms with van der Waals surface area (Å²) >= 11 is 6.03. The van der Waals surface area contributed by atoms with Crippen LogP contribution in [0.15, 0.2) is 61.1 Å². The number of hydrogen-bond acceptors (Lipinski definition) is 9. The lowest BCUT2D eigenvalue weighted by atomic mass is 10.0. The van der Waals surface area contributed by atoms with Crippen molar-refractivity contribution in [1.29, 1.82) is 0 Å². The highest BCUT2D eigenvalue weighted by Gasteiger charge is 2.35. The van der Waals surface area contributed by atoms with Crippen LogP contribution in [0.3, 0.4) is 0 Å². The number of aromatic nitrogens is 2. The van der Waals surface area contributed by atoms with Crippen LogP contribution in [0.4, 0.5) is 15.6 Å². The molecule has 1 aliphatic rings. The molecule has 2 amide bonds. The average Bonchev–Trinajstić information content (AvgIpc) is 3.46. The number of hydrogen-bond donors (Lipinski definition) is 3. The number of para-hydroxylation sites is 1. The van der Waals surface area contributed by atoms with Gasteiger partial charge in [0.25, 0.3) is 0 Å². The van der Waals surface area contributed by atoms with Crippen molar-refractivity contribution in [3.05, 3.63) is 63.7 Å². The van der Waals surface area contributed by atoms with E-state index in [1.54, 1.807) is 19.1 Å². The van der Waals surface area contributed by atoms with E-state index >= 15 is 0 Å². The van der Waals surface area contributed by atoms with Crippen LogP contribution in [0.1, 0.15) is 31.2 Å². The minimum absolute atomic E-state index is 0.204. The van der Waals surface area contributed by atoms with Crippen LogP contribution in [0.25, 0.3) is 0 Å². The number of urea groups is 1. The second-order valence-corrected chi connectivity index (χ2v) is 10.1. The number of nitrogens with zero attached hydrogens (tertiary/aromatic N) is 2. The van der Waals surface area contributed by atoms with Gasteiger partial charge in [-0.2, -0.15) is 0 Å². The van der Waals surface area contributed by atoms with Gasteiger partial charge < -0.3 is 25.1 Å². The number of amides is 2. The van der Waals surface area contributed by atoms with Gasteiger partial charge in [0, 0.05) is 17.1 Å². The van der Waals surface area contributed by atoms with E-state index in [0.29, 0.717) is 31.4 Å². The minimum atomic E-state index is -0.771. The maximum Gasteiger partial charge on any atom is 0.338 e. The quantitative estimate of drug-likeness (QED) is 0.241. The van der Waals surface area contributed by atoms with Crippen LogP contribution in [-0.2, 0) is 16.0 Å². The van der Waals surface area contributed by atoms with Crippen LogP contribution in [0, 0.1) is 0 Å². The third kappa shape index (κ3) is 5.62. The van der Waals surface area contributed by atoms with E-state index in [1.165, 1.54) is 28.7 Å². The number of rotatable bonds is 9. The van der Waals surface area contributed by atoms with Crippen molar-refractivity contribution in [1.82, 2.24) is 20.8 Å². The van der Waals surface area contributed by atoms with Crippen molar-refractivity contribution in [2.24, 2.45) is 0 Å². The van der Waals surface area contributed by atoms with E-state index in [9.17, 15) is 9.59 Å². The van der Waals surface area contributed by atoms with E-state index < -0.39 is 18.0 Å². The Kier molecular flexibility index (Phi) is 7.91. The molecule has 0 aliphatic carbocycles. The molecule has 4 rings (SSSR count). The van der Waals surface area contributed by atoms with Gasteiger partial charge in [-0.1, -0.05) is 48.2 Å². The highest BCUT2D eigenvalue weighted by molar-refractivity contribution is 9.10. The van der Waals surface area contributed by atoms with Gasteiger partial charge in [0.05, 0.1) is 12.2 Å². The van der Waals surface area contributed by atoms with Gasteiger partial charge in [0.1, 0.15) is 11.8 Å². The third-order valence-electron chi connectivity index (χ3n) is 4.91. The number of anilines is 2. The summed E-state index contributed by atoms with van der Waals surface area (Å²) in [6.45, 7) is 4.03. The molecule has 9 nitrogen and oxygen atoms in total. The first-order valence-electron chi connectivity index (χ1n) is 10.5. The molecule has 34 heavy (non-hydrogen) atoms. The number of furan rings is 1. The van der Waals surface area contributed by atoms with Gasteiger partial charge in [-0.25, -0.2) is 9.59 Å². The summed E-state index contributed by atoms with van der Waals surface area (Å²) in [6.07, 6.45) is 0.898. The smallest absolute Gasteiger partial charge is 0.338 e. The molecule has 0 bridgehead atoms. The topological polar surface area (TPSA) is 118 Å². The summed E-state index contributed by atoms with van der Waals surface area (Å²) in [6, 6.07) is 10.2. The first kappa shape index (κ1) is 24.3. The highest BCUT2D eigenvalue weighted by atomic mass is 79.9. The number of ether oxygens (including phenoxy) is 1. The number of carbonyl (C=O) groups is 2. The monoisotopic (exact) mass is 563 g/mol. The van der Waals surface area contributed by atoms with E-state index in [2.05, 4.69) is 55.1 Å². The fourth-order valence-electron chi connectivity index (χ4n) is 3.40. The molecule has 0 saturated heterocycles. The van der Waals surface area contributed by atoms with Crippen LogP contribution >= 0.6 is 39.0 Å². The number of benzene rings is 1. The molecule has 0 spiro atoms. The summed E-state index contributed by atoms with van der Waals surface area (Å²) < 4.78 is 12.1. The predicted octanol–water partition coefficient (Wildman–Crippen LogP) is 5.16. The Labute approximate surface area is 212 Å². The number of carbonyl (C=O) groups excluding carboxylic acids is 2. The Balaban J connectivity index is 1.54. The average molecular weight is 564 g/mol. The number of thioether (sulfide) groups is 1. The molecule has 1 aromatic carbocycles. The minimum Gasteiger partial charge on any atom is -0.463 e. The Bertz CT molecular complexity index is 1230. The Morgan fingerprint density at radius 3 is 2.82 bits per heavy atom. The molecule has 0 saturated carbocycles. The van der Waals surface area contributed by atoms with Crippen molar-refractivity contribution in [2.45, 2.75) is 30.6 Å². The highest BCUT2D eigenvalue weighted by Crippen LogP contribution is 2.34. The third-order valence-corrected chi connectivity index (χ3v) is 7.34. The lowest BCUT2D eigenvalue weighted by molar-refractivity contribution is -0.139. The van der Waals surface area contributed by atoms with Gasteiger partial charge in [-0.15, -0.1) is 10.2 Å². The molecule has 178 valence electrons. The largest absolute Gasteiger partial charge is 0.463 e. The molecule has 12 heteroatoms. The molecule has 3 heterocycles. The summed E-state index contributed by atoms with van der Waals surface area (Å²) in [5.74, 6) is 0.184. The molecule has 0 fully saturated rings. The first-order valence-corrected chi connectivity index (χ1v) is 13.1. The van der Waals surface area contributed by atoms with Crippen LogP contribution < -0.4 is 16.0 Å². The fraction of sp³-hybridized carbons (Fsp3) is 0.273. The summed E-state index contributed by atoms with van der Waals surface area (Å²) in [4.78, 5) is 25.2. The van der Waals surface area contributed by atoms with Crippen LogP contribution in [0.2, 0.25) is 0 Å². The number of aryl methyl sites for hydroxylation is 1. The molecule has 0 radical (unpaired) electrons. The van der Waals surface area contributed by atoms with Gasteiger partial charge in [0.15, 0.2) is 9.01 Å². The molecule has 1 atom stereocenters. The zero-order valence-electron chi connectivity index (χ0n) is 18.4. The van der Waals surface area contributed by atoms with Gasteiger partial charge >= 0.3 is 12.0 Å². The molecule has 1 aliphatic heterocycles. The lowest BCUT2D eigenvalue weighted by Gasteiger charge is -2.27. The standard InChI is InChI=1S/C22H22BrN5O4S2/c1-3-12-7-5-6-8-13(12)25-21-27-28-22(34-21)33-11-14-17(19(29)31-4-2)18(26-20(30)24-14)15-9-10-16(23)32-15/h5-10,18H,3-4,11H2,1-2H3,(H,25,27)(H2,24,26,30)/t18-/m1/s1. The van der Waals surface area contributed by atoms with E-state index in [1.807, 2.05) is 18.2 Å². The summed E-state index contributed by atoms with van der Waals surface area (Å²) in [7, 11) is 0.